The topological polar surface area (TPSA) is 90.4 Å². The first-order chi connectivity index (χ1) is 11.7. The van der Waals surface area contributed by atoms with Crippen LogP contribution in [0.4, 0.5) is 10.5 Å². The van der Waals surface area contributed by atoms with E-state index < -0.39 is 17.7 Å². The molecule has 0 fully saturated rings. The maximum Gasteiger partial charge on any atom is 0.412 e. The van der Waals surface area contributed by atoms with Gasteiger partial charge >= 0.3 is 12.1 Å². The lowest BCUT2D eigenvalue weighted by atomic mass is 10.1. The molecule has 2 rings (SSSR count). The molecule has 0 unspecified atom stereocenters. The first kappa shape index (κ1) is 18.7. The molecule has 1 N–H and O–H groups in total. The fourth-order valence-corrected chi connectivity index (χ4v) is 2.10. The molecule has 0 saturated carbocycles. The normalized spacial score (nSPS) is 10.9. The number of hydrogen-bond donors (Lipinski definition) is 1. The Morgan fingerprint density at radius 1 is 1.12 bits per heavy atom. The molecule has 7 nitrogen and oxygen atoms in total. The van der Waals surface area contributed by atoms with Crippen molar-refractivity contribution in [3.63, 3.8) is 0 Å². The number of anilines is 1. The molecule has 0 saturated heterocycles. The standard InChI is InChI=1S/C17H18ClN3O4/c1-17(2,3)25-16(23)19-11-7-5-10(6-8-11)12-9-13(14(22)24-4)21-15(18)20-12/h5-9H,1-4H3,(H,19,23). The summed E-state index contributed by atoms with van der Waals surface area (Å²) in [4.78, 5) is 31.3. The SMILES string of the molecule is COC(=O)c1cc(-c2ccc(NC(=O)OC(C)(C)C)cc2)nc(Cl)n1. The van der Waals surface area contributed by atoms with E-state index in [2.05, 4.69) is 20.0 Å². The molecule has 0 aliphatic carbocycles. The molecule has 25 heavy (non-hydrogen) atoms. The molecule has 0 radical (unpaired) electrons. The van der Waals surface area contributed by atoms with Crippen molar-refractivity contribution in [1.82, 2.24) is 9.97 Å². The third kappa shape index (κ3) is 5.42. The van der Waals surface area contributed by atoms with Crippen molar-refractivity contribution in [3.05, 3.63) is 41.3 Å². The van der Waals surface area contributed by atoms with Crippen molar-refractivity contribution in [2.24, 2.45) is 0 Å². The Balaban J connectivity index is 2.19. The highest BCUT2D eigenvalue weighted by molar-refractivity contribution is 6.28. The zero-order chi connectivity index (χ0) is 18.6. The predicted molar refractivity (Wildman–Crippen MR) is 93.7 cm³/mol. The van der Waals surface area contributed by atoms with Crippen molar-refractivity contribution in [2.45, 2.75) is 26.4 Å². The van der Waals surface area contributed by atoms with Gasteiger partial charge in [-0.25, -0.2) is 19.6 Å². The number of methoxy groups -OCH3 is 1. The first-order valence-corrected chi connectivity index (χ1v) is 7.79. The molecule has 0 bridgehead atoms. The summed E-state index contributed by atoms with van der Waals surface area (Å²) in [5.74, 6) is -0.603. The monoisotopic (exact) mass is 363 g/mol. The van der Waals surface area contributed by atoms with Gasteiger partial charge < -0.3 is 9.47 Å². The third-order valence-electron chi connectivity index (χ3n) is 2.92. The van der Waals surface area contributed by atoms with Crippen LogP contribution in [0.15, 0.2) is 30.3 Å². The van der Waals surface area contributed by atoms with Crippen molar-refractivity contribution in [2.75, 3.05) is 12.4 Å². The molecular weight excluding hydrogens is 346 g/mol. The van der Waals surface area contributed by atoms with E-state index in [1.807, 2.05) is 0 Å². The van der Waals surface area contributed by atoms with Gasteiger partial charge in [0, 0.05) is 11.3 Å². The first-order valence-electron chi connectivity index (χ1n) is 7.41. The Hall–Kier alpha value is -2.67. The van der Waals surface area contributed by atoms with Gasteiger partial charge in [-0.15, -0.1) is 0 Å². The van der Waals surface area contributed by atoms with Crippen molar-refractivity contribution in [1.29, 1.82) is 0 Å². The summed E-state index contributed by atoms with van der Waals surface area (Å²) in [5.41, 5.74) is 1.21. The van der Waals surface area contributed by atoms with Crippen LogP contribution in [0.2, 0.25) is 5.28 Å². The van der Waals surface area contributed by atoms with E-state index >= 15 is 0 Å². The van der Waals surface area contributed by atoms with E-state index in [4.69, 9.17) is 16.3 Å². The number of halogens is 1. The van der Waals surface area contributed by atoms with E-state index in [-0.39, 0.29) is 11.0 Å². The van der Waals surface area contributed by atoms with Gasteiger partial charge in [0.15, 0.2) is 5.69 Å². The fourth-order valence-electron chi connectivity index (χ4n) is 1.92. The van der Waals surface area contributed by atoms with Crippen molar-refractivity contribution >= 4 is 29.4 Å². The van der Waals surface area contributed by atoms with Gasteiger partial charge in [-0.3, -0.25) is 5.32 Å². The smallest absolute Gasteiger partial charge is 0.412 e. The fraction of sp³-hybridized carbons (Fsp3) is 0.294. The van der Waals surface area contributed by atoms with Crippen LogP contribution >= 0.6 is 11.6 Å². The summed E-state index contributed by atoms with van der Waals surface area (Å²) < 4.78 is 9.82. The van der Waals surface area contributed by atoms with Crippen molar-refractivity contribution < 1.29 is 19.1 Å². The molecule has 1 amide bonds. The molecule has 1 aromatic carbocycles. The second-order valence-corrected chi connectivity index (χ2v) is 6.44. The summed E-state index contributed by atoms with van der Waals surface area (Å²) in [5, 5.41) is 2.57. The van der Waals surface area contributed by atoms with Gasteiger partial charge in [0.2, 0.25) is 5.28 Å². The Morgan fingerprint density at radius 2 is 1.76 bits per heavy atom. The molecule has 2 aromatic rings. The van der Waals surface area contributed by atoms with Gasteiger partial charge in [0.1, 0.15) is 5.60 Å². The minimum Gasteiger partial charge on any atom is -0.464 e. The Kier molecular flexibility index (Phi) is 5.58. The summed E-state index contributed by atoms with van der Waals surface area (Å²) >= 11 is 5.86. The molecule has 1 heterocycles. The maximum absolute atomic E-state index is 11.8. The number of amides is 1. The van der Waals surface area contributed by atoms with Crippen LogP contribution in [0.1, 0.15) is 31.3 Å². The number of esters is 1. The van der Waals surface area contributed by atoms with Crippen LogP contribution in [0.25, 0.3) is 11.3 Å². The van der Waals surface area contributed by atoms with Crippen LogP contribution in [0.5, 0.6) is 0 Å². The molecule has 0 atom stereocenters. The van der Waals surface area contributed by atoms with Crippen LogP contribution < -0.4 is 5.32 Å². The number of aromatic nitrogens is 2. The Labute approximate surface area is 150 Å². The summed E-state index contributed by atoms with van der Waals surface area (Å²) in [6, 6.07) is 8.31. The quantitative estimate of drug-likeness (QED) is 0.656. The lowest BCUT2D eigenvalue weighted by Crippen LogP contribution is -2.27. The lowest BCUT2D eigenvalue weighted by Gasteiger charge is -2.19. The highest BCUT2D eigenvalue weighted by atomic mass is 35.5. The van der Waals surface area contributed by atoms with Gasteiger partial charge in [-0.05, 0) is 50.6 Å². The molecule has 0 aliphatic heterocycles. The third-order valence-corrected chi connectivity index (χ3v) is 3.09. The van der Waals surface area contributed by atoms with E-state index in [1.54, 1.807) is 45.0 Å². The van der Waals surface area contributed by atoms with Crippen LogP contribution in [-0.2, 0) is 9.47 Å². The number of ether oxygens (including phenoxy) is 2. The van der Waals surface area contributed by atoms with Crippen molar-refractivity contribution in [3.8, 4) is 11.3 Å². The number of nitrogens with one attached hydrogen (secondary N) is 1. The lowest BCUT2D eigenvalue weighted by molar-refractivity contribution is 0.0591. The number of nitrogens with zero attached hydrogens (tertiary/aromatic N) is 2. The summed E-state index contributed by atoms with van der Waals surface area (Å²) in [6.07, 6.45) is -0.543. The number of rotatable bonds is 3. The average molecular weight is 364 g/mol. The highest BCUT2D eigenvalue weighted by Crippen LogP contribution is 2.22. The van der Waals surface area contributed by atoms with E-state index in [0.717, 1.165) is 0 Å². The van der Waals surface area contributed by atoms with Gasteiger partial charge in [0.05, 0.1) is 12.8 Å². The number of benzene rings is 1. The second kappa shape index (κ2) is 7.48. The van der Waals surface area contributed by atoms with Gasteiger partial charge in [0.25, 0.3) is 0 Å². The largest absolute Gasteiger partial charge is 0.464 e. The minimum absolute atomic E-state index is 0.0612. The minimum atomic E-state index is -0.603. The van der Waals surface area contributed by atoms with Crippen LogP contribution in [0.3, 0.4) is 0 Å². The molecular formula is C17H18ClN3O4. The van der Waals surface area contributed by atoms with E-state index in [1.165, 1.54) is 13.2 Å². The number of carbonyl (C=O) groups excluding carboxylic acids is 2. The van der Waals surface area contributed by atoms with Gasteiger partial charge in [-0.2, -0.15) is 0 Å². The predicted octanol–water partition coefficient (Wildman–Crippen LogP) is 3.93. The van der Waals surface area contributed by atoms with Crippen LogP contribution in [-0.4, -0.2) is 34.7 Å². The van der Waals surface area contributed by atoms with E-state index in [9.17, 15) is 9.59 Å². The van der Waals surface area contributed by atoms with E-state index in [0.29, 0.717) is 16.9 Å². The Bertz CT molecular complexity index is 785. The Morgan fingerprint density at radius 3 is 2.32 bits per heavy atom. The zero-order valence-corrected chi connectivity index (χ0v) is 15.0. The average Bonchev–Trinajstić information content (AvgIpc) is 2.52. The molecule has 8 heteroatoms. The molecule has 0 spiro atoms. The summed E-state index contributed by atoms with van der Waals surface area (Å²) in [7, 11) is 1.26. The molecule has 1 aromatic heterocycles. The number of carbonyl (C=O) groups is 2. The molecule has 0 aliphatic rings. The van der Waals surface area contributed by atoms with Gasteiger partial charge in [-0.1, -0.05) is 12.1 Å². The highest BCUT2D eigenvalue weighted by Gasteiger charge is 2.16. The second-order valence-electron chi connectivity index (χ2n) is 6.10. The number of hydrogen-bond acceptors (Lipinski definition) is 6. The van der Waals surface area contributed by atoms with Crippen LogP contribution in [0, 0.1) is 0 Å². The zero-order valence-electron chi connectivity index (χ0n) is 14.3. The summed E-state index contributed by atoms with van der Waals surface area (Å²) in [6.45, 7) is 5.36. The maximum atomic E-state index is 11.8. The molecule has 132 valence electrons.